The van der Waals surface area contributed by atoms with Gasteiger partial charge in [0.05, 0.1) is 7.11 Å². The molecule has 0 heterocycles. The van der Waals surface area contributed by atoms with E-state index in [4.69, 9.17) is 4.74 Å². The van der Waals surface area contributed by atoms with Gasteiger partial charge in [0.2, 0.25) is 5.78 Å². The zero-order valence-electron chi connectivity index (χ0n) is 30.1. The van der Waals surface area contributed by atoms with Gasteiger partial charge in [-0.25, -0.2) is 0 Å². The van der Waals surface area contributed by atoms with Gasteiger partial charge in [0.25, 0.3) is 0 Å². The molecule has 5 unspecified atom stereocenters. The molecule has 0 aliphatic rings. The highest BCUT2D eigenvalue weighted by Crippen LogP contribution is 2.41. The maximum atomic E-state index is 14.7. The van der Waals surface area contributed by atoms with Crippen molar-refractivity contribution < 1.29 is 14.6 Å². The molecular formula is C41H64O3. The predicted octanol–water partition coefficient (Wildman–Crippen LogP) is 13.0. The Balaban J connectivity index is 2.93. The molecule has 2 rings (SSSR count). The van der Waals surface area contributed by atoms with Gasteiger partial charge in [-0.15, -0.1) is 0 Å². The summed E-state index contributed by atoms with van der Waals surface area (Å²) in [6.07, 6.45) is 12.2. The summed E-state index contributed by atoms with van der Waals surface area (Å²) < 4.78 is 5.97. The molecule has 3 heteroatoms. The van der Waals surface area contributed by atoms with Crippen LogP contribution in [0.3, 0.4) is 0 Å². The minimum absolute atomic E-state index is 0.174. The highest BCUT2D eigenvalue weighted by atomic mass is 16.5. The number of carbonyl (C=O) groups is 1. The van der Waals surface area contributed by atoms with E-state index in [1.165, 1.54) is 11.1 Å². The Morgan fingerprint density at radius 3 is 1.66 bits per heavy atom. The Kier molecular flexibility index (Phi) is 15.8. The van der Waals surface area contributed by atoms with E-state index in [9.17, 15) is 9.90 Å². The van der Waals surface area contributed by atoms with Crippen molar-refractivity contribution >= 4 is 11.9 Å². The zero-order valence-corrected chi connectivity index (χ0v) is 30.1. The Labute approximate surface area is 270 Å². The molecule has 0 bridgehead atoms. The van der Waals surface area contributed by atoms with Crippen molar-refractivity contribution in [2.75, 3.05) is 7.11 Å². The van der Waals surface area contributed by atoms with Crippen LogP contribution in [-0.2, 0) is 0 Å². The molecule has 3 nitrogen and oxygen atoms in total. The van der Waals surface area contributed by atoms with Crippen LogP contribution in [0.2, 0.25) is 0 Å². The van der Waals surface area contributed by atoms with Gasteiger partial charge in [0, 0.05) is 11.1 Å². The molecular weight excluding hydrogens is 540 g/mol. The van der Waals surface area contributed by atoms with Crippen LogP contribution in [0.5, 0.6) is 5.75 Å². The third kappa shape index (κ3) is 9.24. The largest absolute Gasteiger partial charge is 0.504 e. The lowest BCUT2D eigenvalue weighted by molar-refractivity contribution is 0.0977. The molecule has 0 aromatic heterocycles. The number of aliphatic hydroxyl groups is 1. The van der Waals surface area contributed by atoms with Gasteiger partial charge in [0.15, 0.2) is 5.76 Å². The Hall–Kier alpha value is -2.55. The van der Waals surface area contributed by atoms with Crippen LogP contribution in [0.15, 0.2) is 30.0 Å². The van der Waals surface area contributed by atoms with E-state index < -0.39 is 0 Å². The molecule has 0 saturated heterocycles. The van der Waals surface area contributed by atoms with Gasteiger partial charge in [-0.1, -0.05) is 120 Å². The Morgan fingerprint density at radius 2 is 1.14 bits per heavy atom. The molecule has 2 aromatic rings. The van der Waals surface area contributed by atoms with Crippen molar-refractivity contribution in [3.8, 4) is 5.75 Å². The number of hydrogen-bond donors (Lipinski definition) is 1. The first-order valence-corrected chi connectivity index (χ1v) is 17.8. The van der Waals surface area contributed by atoms with Gasteiger partial charge in [-0.3, -0.25) is 4.79 Å². The SMILES string of the molecule is CCCC(C)c1cc(/C=C(\O)C(=O)c2c(C(C)CCC)ccc(C(C)CCC)c2C(C)CCC)c(C(C)CCC)c(OC)c1. The standard InChI is InChI=1S/C41H64O3/c1-12-17-27(6)32-24-33(38(30(9)20-15-4)37(26-32)44-11)25-36(42)41(43)40-35(29(8)19-14-3)23-22-34(28(7)18-13-2)39(40)31(10)21-16-5/h22-31,42H,12-21H2,1-11H3/b36-25-. The van der Waals surface area contributed by atoms with Crippen LogP contribution in [0.25, 0.3) is 6.08 Å². The van der Waals surface area contributed by atoms with Crippen LogP contribution < -0.4 is 4.74 Å². The average molecular weight is 605 g/mol. The van der Waals surface area contributed by atoms with Crippen molar-refractivity contribution in [3.05, 3.63) is 69.0 Å². The first-order chi connectivity index (χ1) is 21.0. The van der Waals surface area contributed by atoms with Gasteiger partial charge in [-0.2, -0.15) is 0 Å². The van der Waals surface area contributed by atoms with E-state index in [2.05, 4.69) is 93.5 Å². The summed E-state index contributed by atoms with van der Waals surface area (Å²) in [6, 6.07) is 8.84. The van der Waals surface area contributed by atoms with Crippen LogP contribution in [0, 0.1) is 0 Å². The summed E-state index contributed by atoms with van der Waals surface area (Å²) in [7, 11) is 1.73. The minimum Gasteiger partial charge on any atom is -0.504 e. The third-order valence-electron chi connectivity index (χ3n) is 9.70. The smallest absolute Gasteiger partial charge is 0.227 e. The van der Waals surface area contributed by atoms with Crippen LogP contribution in [-0.4, -0.2) is 18.0 Å². The lowest BCUT2D eigenvalue weighted by atomic mass is 9.77. The van der Waals surface area contributed by atoms with Crippen molar-refractivity contribution in [1.82, 2.24) is 0 Å². The molecule has 0 radical (unpaired) electrons. The Bertz CT molecular complexity index is 1220. The monoisotopic (exact) mass is 604 g/mol. The topological polar surface area (TPSA) is 46.5 Å². The molecule has 44 heavy (non-hydrogen) atoms. The van der Waals surface area contributed by atoms with Crippen LogP contribution >= 0.6 is 0 Å². The summed E-state index contributed by atoms with van der Waals surface area (Å²) in [5.74, 6) is 1.83. The van der Waals surface area contributed by atoms with Crippen molar-refractivity contribution in [1.29, 1.82) is 0 Å². The quantitative estimate of drug-likeness (QED) is 0.0985. The highest BCUT2D eigenvalue weighted by Gasteiger charge is 2.29. The number of ketones is 1. The predicted molar refractivity (Wildman–Crippen MR) is 191 cm³/mol. The summed E-state index contributed by atoms with van der Waals surface area (Å²) in [4.78, 5) is 14.7. The second-order valence-electron chi connectivity index (χ2n) is 13.6. The number of carbonyl (C=O) groups excluding carboxylic acids is 1. The number of allylic oxidation sites excluding steroid dienone is 1. The first kappa shape index (κ1) is 37.6. The maximum Gasteiger partial charge on any atom is 0.227 e. The second kappa shape index (κ2) is 18.4. The number of ether oxygens (including phenoxy) is 1. The summed E-state index contributed by atoms with van der Waals surface area (Å²) in [5.41, 5.74) is 7.40. The number of hydrogen-bond acceptors (Lipinski definition) is 3. The molecule has 5 atom stereocenters. The maximum absolute atomic E-state index is 14.7. The lowest BCUT2D eigenvalue weighted by Gasteiger charge is -2.27. The van der Waals surface area contributed by atoms with Gasteiger partial charge >= 0.3 is 0 Å². The molecule has 0 saturated carbocycles. The first-order valence-electron chi connectivity index (χ1n) is 17.8. The van der Waals surface area contributed by atoms with E-state index >= 15 is 0 Å². The van der Waals surface area contributed by atoms with Crippen molar-refractivity contribution in [2.45, 2.75) is 163 Å². The number of rotatable bonds is 19. The fourth-order valence-electron chi connectivity index (χ4n) is 7.32. The summed E-state index contributed by atoms with van der Waals surface area (Å²) in [5, 5.41) is 11.8. The highest BCUT2D eigenvalue weighted by molar-refractivity contribution is 6.12. The normalized spacial score (nSPS) is 15.5. The number of aliphatic hydroxyl groups excluding tert-OH is 1. The fraction of sp³-hybridized carbons (Fsp3) is 0.634. The van der Waals surface area contributed by atoms with E-state index in [1.54, 1.807) is 13.2 Å². The van der Waals surface area contributed by atoms with E-state index in [0.717, 1.165) is 97.8 Å². The van der Waals surface area contributed by atoms with Crippen molar-refractivity contribution in [2.24, 2.45) is 0 Å². The Morgan fingerprint density at radius 1 is 0.682 bits per heavy atom. The second-order valence-corrected chi connectivity index (χ2v) is 13.6. The van der Waals surface area contributed by atoms with Gasteiger partial charge in [0.1, 0.15) is 5.75 Å². The number of benzene rings is 2. The molecule has 0 aliphatic heterocycles. The van der Waals surface area contributed by atoms with E-state index in [-0.39, 0.29) is 29.3 Å². The average Bonchev–Trinajstić information content (AvgIpc) is 2.99. The molecule has 1 N–H and O–H groups in total. The van der Waals surface area contributed by atoms with Crippen LogP contribution in [0.1, 0.15) is 207 Å². The fourth-order valence-corrected chi connectivity index (χ4v) is 7.32. The number of methoxy groups -OCH3 is 1. The molecule has 246 valence electrons. The van der Waals surface area contributed by atoms with Crippen molar-refractivity contribution in [3.63, 3.8) is 0 Å². The number of Topliss-reactive ketones (excluding diaryl/α,β-unsaturated/α-hetero) is 1. The van der Waals surface area contributed by atoms with Crippen LogP contribution in [0.4, 0.5) is 0 Å². The minimum atomic E-state index is -0.244. The molecule has 0 amide bonds. The summed E-state index contributed by atoms with van der Waals surface area (Å²) >= 11 is 0. The third-order valence-corrected chi connectivity index (χ3v) is 9.70. The van der Waals surface area contributed by atoms with E-state index in [0.29, 0.717) is 11.8 Å². The lowest BCUT2D eigenvalue weighted by Crippen LogP contribution is -2.17. The van der Waals surface area contributed by atoms with Gasteiger partial charge in [-0.05, 0) is 102 Å². The molecule has 0 aliphatic carbocycles. The van der Waals surface area contributed by atoms with E-state index in [1.807, 2.05) is 0 Å². The molecule has 2 aromatic carbocycles. The summed E-state index contributed by atoms with van der Waals surface area (Å²) in [6.45, 7) is 22.3. The zero-order chi connectivity index (χ0) is 33.0. The van der Waals surface area contributed by atoms with Gasteiger partial charge < -0.3 is 9.84 Å². The molecule has 0 spiro atoms. The molecule has 0 fully saturated rings.